The highest BCUT2D eigenvalue weighted by atomic mass is 32.2. The number of aromatic amines is 1. The highest BCUT2D eigenvalue weighted by Crippen LogP contribution is 2.34. The summed E-state index contributed by atoms with van der Waals surface area (Å²) in [5, 5.41) is 17.6. The van der Waals surface area contributed by atoms with Crippen molar-refractivity contribution in [1.82, 2.24) is 25.9 Å². The minimum absolute atomic E-state index is 0.0714. The summed E-state index contributed by atoms with van der Waals surface area (Å²) in [6, 6.07) is 5.91. The van der Waals surface area contributed by atoms with Gasteiger partial charge in [0.1, 0.15) is 5.54 Å². The van der Waals surface area contributed by atoms with Crippen molar-refractivity contribution in [1.29, 1.82) is 0 Å². The molecule has 7 heteroatoms. The number of H-pyrrole nitrogens is 1. The van der Waals surface area contributed by atoms with E-state index in [2.05, 4.69) is 25.9 Å². The van der Waals surface area contributed by atoms with Crippen LogP contribution < -0.4 is 5.32 Å². The van der Waals surface area contributed by atoms with Gasteiger partial charge in [0.2, 0.25) is 0 Å². The molecular weight excluding hydrogens is 298 g/mol. The van der Waals surface area contributed by atoms with E-state index in [1.807, 2.05) is 43.8 Å². The number of nitrogens with one attached hydrogen (secondary N) is 2. The van der Waals surface area contributed by atoms with E-state index in [0.717, 1.165) is 35.5 Å². The first kappa shape index (κ1) is 15.0. The molecule has 22 heavy (non-hydrogen) atoms. The lowest BCUT2D eigenvalue weighted by atomic mass is 9.90. The van der Waals surface area contributed by atoms with E-state index >= 15 is 0 Å². The number of thioether (sulfide) groups is 1. The number of nitrogens with zero attached hydrogens (tertiary/aromatic N) is 3. The SMILES string of the molecule is Cc1ccc(C)c(C(=O)NC2(c3nn[nH]n3)CCSCC2)c1. The Morgan fingerprint density at radius 2 is 2.09 bits per heavy atom. The Bertz CT molecular complexity index is 665. The summed E-state index contributed by atoms with van der Waals surface area (Å²) in [6.07, 6.45) is 1.63. The van der Waals surface area contributed by atoms with E-state index in [4.69, 9.17) is 0 Å². The number of carbonyl (C=O) groups is 1. The molecule has 1 aromatic carbocycles. The maximum atomic E-state index is 12.8. The summed E-state index contributed by atoms with van der Waals surface area (Å²) in [7, 11) is 0. The van der Waals surface area contributed by atoms with Crippen molar-refractivity contribution in [3.63, 3.8) is 0 Å². The minimum atomic E-state index is -0.522. The van der Waals surface area contributed by atoms with Gasteiger partial charge in [-0.05, 0) is 49.8 Å². The lowest BCUT2D eigenvalue weighted by molar-refractivity contribution is 0.0883. The van der Waals surface area contributed by atoms with Crippen LogP contribution in [0.2, 0.25) is 0 Å². The second kappa shape index (κ2) is 6.08. The van der Waals surface area contributed by atoms with Gasteiger partial charge in [-0.15, -0.1) is 10.2 Å². The zero-order valence-electron chi connectivity index (χ0n) is 12.7. The lowest BCUT2D eigenvalue weighted by Gasteiger charge is -2.35. The van der Waals surface area contributed by atoms with Crippen LogP contribution in [-0.2, 0) is 5.54 Å². The van der Waals surface area contributed by atoms with Gasteiger partial charge in [0.15, 0.2) is 5.82 Å². The molecule has 0 bridgehead atoms. The van der Waals surface area contributed by atoms with Crippen molar-refractivity contribution in [3.8, 4) is 0 Å². The molecule has 0 aliphatic carbocycles. The van der Waals surface area contributed by atoms with Crippen molar-refractivity contribution in [3.05, 3.63) is 40.7 Å². The molecular formula is C15H19N5OS. The number of benzene rings is 1. The van der Waals surface area contributed by atoms with E-state index in [-0.39, 0.29) is 5.91 Å². The Morgan fingerprint density at radius 3 is 2.77 bits per heavy atom. The molecule has 0 unspecified atom stereocenters. The summed E-state index contributed by atoms with van der Waals surface area (Å²) in [6.45, 7) is 3.94. The van der Waals surface area contributed by atoms with Gasteiger partial charge in [0.25, 0.3) is 5.91 Å². The highest BCUT2D eigenvalue weighted by molar-refractivity contribution is 7.99. The third-order valence-corrected chi connectivity index (χ3v) is 5.10. The fourth-order valence-corrected chi connectivity index (χ4v) is 3.94. The molecule has 6 nitrogen and oxygen atoms in total. The lowest BCUT2D eigenvalue weighted by Crippen LogP contribution is -2.49. The average Bonchev–Trinajstić information content (AvgIpc) is 3.05. The van der Waals surface area contributed by atoms with Crippen molar-refractivity contribution in [2.45, 2.75) is 32.2 Å². The largest absolute Gasteiger partial charge is 0.339 e. The second-order valence-corrected chi connectivity index (χ2v) is 6.93. The first-order chi connectivity index (χ1) is 10.6. The van der Waals surface area contributed by atoms with Gasteiger partial charge in [0, 0.05) is 5.56 Å². The molecule has 116 valence electrons. The van der Waals surface area contributed by atoms with Gasteiger partial charge >= 0.3 is 0 Å². The maximum absolute atomic E-state index is 12.8. The smallest absolute Gasteiger partial charge is 0.252 e. The molecule has 1 aromatic heterocycles. The Hall–Kier alpha value is -1.89. The molecule has 0 atom stereocenters. The number of amides is 1. The average molecular weight is 317 g/mol. The molecule has 0 spiro atoms. The predicted octanol–water partition coefficient (Wildman–Crippen LogP) is 1.97. The van der Waals surface area contributed by atoms with Crippen LogP contribution in [-0.4, -0.2) is 38.0 Å². The molecule has 1 aliphatic heterocycles. The second-order valence-electron chi connectivity index (χ2n) is 5.70. The molecule has 2 heterocycles. The summed E-state index contributed by atoms with van der Waals surface area (Å²) >= 11 is 1.89. The van der Waals surface area contributed by atoms with Crippen LogP contribution in [0.15, 0.2) is 18.2 Å². The van der Waals surface area contributed by atoms with E-state index in [0.29, 0.717) is 11.4 Å². The Balaban J connectivity index is 1.90. The highest BCUT2D eigenvalue weighted by Gasteiger charge is 2.39. The van der Waals surface area contributed by atoms with Crippen LogP contribution in [0.4, 0.5) is 0 Å². The summed E-state index contributed by atoms with van der Waals surface area (Å²) in [5.41, 5.74) is 2.23. The van der Waals surface area contributed by atoms with Crippen LogP contribution in [0, 0.1) is 13.8 Å². The minimum Gasteiger partial charge on any atom is -0.339 e. The molecule has 1 amide bonds. The molecule has 1 fully saturated rings. The quantitative estimate of drug-likeness (QED) is 0.904. The van der Waals surface area contributed by atoms with E-state index < -0.39 is 5.54 Å². The van der Waals surface area contributed by atoms with E-state index in [1.54, 1.807) is 0 Å². The van der Waals surface area contributed by atoms with E-state index in [9.17, 15) is 4.79 Å². The van der Waals surface area contributed by atoms with Gasteiger partial charge < -0.3 is 5.32 Å². The Morgan fingerprint density at radius 1 is 1.32 bits per heavy atom. The standard InChI is InChI=1S/C15H19N5OS/c1-10-3-4-11(2)12(9-10)13(21)16-15(5-7-22-8-6-15)14-17-19-20-18-14/h3-4,9H,5-8H2,1-2H3,(H,16,21)(H,17,18,19,20). The summed E-state index contributed by atoms with van der Waals surface area (Å²) in [5.74, 6) is 2.45. The van der Waals surface area contributed by atoms with Crippen molar-refractivity contribution in [2.24, 2.45) is 0 Å². The Labute approximate surface area is 133 Å². The zero-order valence-corrected chi connectivity index (χ0v) is 13.5. The normalized spacial score (nSPS) is 17.2. The third kappa shape index (κ3) is 2.85. The molecule has 0 radical (unpaired) electrons. The number of hydrogen-bond donors (Lipinski definition) is 2. The van der Waals surface area contributed by atoms with Crippen molar-refractivity contribution >= 4 is 17.7 Å². The topological polar surface area (TPSA) is 83.6 Å². The third-order valence-electron chi connectivity index (χ3n) is 4.11. The molecule has 3 rings (SSSR count). The van der Waals surface area contributed by atoms with Gasteiger partial charge in [-0.2, -0.15) is 17.0 Å². The molecule has 2 N–H and O–H groups in total. The van der Waals surface area contributed by atoms with Gasteiger partial charge in [-0.3, -0.25) is 4.79 Å². The van der Waals surface area contributed by atoms with Gasteiger partial charge in [-0.25, -0.2) is 0 Å². The first-order valence-corrected chi connectivity index (χ1v) is 8.48. The Kier molecular flexibility index (Phi) is 4.15. The molecule has 1 saturated heterocycles. The van der Waals surface area contributed by atoms with Crippen molar-refractivity contribution < 1.29 is 4.79 Å². The van der Waals surface area contributed by atoms with Crippen LogP contribution in [0.5, 0.6) is 0 Å². The van der Waals surface area contributed by atoms with E-state index in [1.165, 1.54) is 0 Å². The number of hydrogen-bond acceptors (Lipinski definition) is 5. The number of carbonyl (C=O) groups excluding carboxylic acids is 1. The number of tetrazole rings is 1. The summed E-state index contributed by atoms with van der Waals surface area (Å²) < 4.78 is 0. The van der Waals surface area contributed by atoms with Gasteiger partial charge in [-0.1, -0.05) is 22.9 Å². The number of aromatic nitrogens is 4. The fourth-order valence-electron chi connectivity index (χ4n) is 2.75. The van der Waals surface area contributed by atoms with Gasteiger partial charge in [0.05, 0.1) is 0 Å². The van der Waals surface area contributed by atoms with Crippen LogP contribution in [0.25, 0.3) is 0 Å². The molecule has 0 saturated carbocycles. The fraction of sp³-hybridized carbons (Fsp3) is 0.467. The number of rotatable bonds is 3. The van der Waals surface area contributed by atoms with Crippen LogP contribution in [0.1, 0.15) is 40.2 Å². The maximum Gasteiger partial charge on any atom is 0.252 e. The predicted molar refractivity (Wildman–Crippen MR) is 85.8 cm³/mol. The monoisotopic (exact) mass is 317 g/mol. The molecule has 2 aromatic rings. The van der Waals surface area contributed by atoms with Crippen molar-refractivity contribution in [2.75, 3.05) is 11.5 Å². The first-order valence-electron chi connectivity index (χ1n) is 7.32. The number of aryl methyl sites for hydroxylation is 2. The molecule has 1 aliphatic rings. The summed E-state index contributed by atoms with van der Waals surface area (Å²) in [4.78, 5) is 12.8. The van der Waals surface area contributed by atoms with Crippen LogP contribution in [0.3, 0.4) is 0 Å². The zero-order chi connectivity index (χ0) is 15.6. The van der Waals surface area contributed by atoms with Crippen LogP contribution >= 0.6 is 11.8 Å².